The number of hydrogen-bond acceptors (Lipinski definition) is 1. The molecule has 0 spiro atoms. The maximum Gasteiger partial charge on any atom is 0.127 e. The lowest BCUT2D eigenvalue weighted by Crippen LogP contribution is -1.87. The minimum Gasteiger partial charge on any atom is -0.457 e. The zero-order valence-electron chi connectivity index (χ0n) is 9.20. The Morgan fingerprint density at radius 2 is 1.41 bits per heavy atom. The smallest absolute Gasteiger partial charge is 0.127 e. The molecule has 0 unspecified atom stereocenters. The van der Waals surface area contributed by atoms with Gasteiger partial charge in [0.15, 0.2) is 0 Å². The van der Waals surface area contributed by atoms with Crippen LogP contribution in [0, 0.1) is 0 Å². The van der Waals surface area contributed by atoms with Crippen LogP contribution in [0.1, 0.15) is 5.56 Å². The Hall–Kier alpha value is -0.990. The maximum absolute atomic E-state index is 5.81. The molecule has 2 aromatic rings. The standard InChI is InChI=1S/C14H12BrClO/c15-10-9-11-1-5-13(6-2-11)17-14-7-3-12(16)4-8-14/h1-8H,9-10H2. The van der Waals surface area contributed by atoms with Crippen molar-refractivity contribution in [2.24, 2.45) is 0 Å². The lowest BCUT2D eigenvalue weighted by molar-refractivity contribution is 0.482. The molecule has 3 heteroatoms. The Morgan fingerprint density at radius 1 is 0.882 bits per heavy atom. The summed E-state index contributed by atoms with van der Waals surface area (Å²) in [5.41, 5.74) is 1.30. The Labute approximate surface area is 115 Å². The van der Waals surface area contributed by atoms with E-state index in [1.807, 2.05) is 36.4 Å². The fourth-order valence-corrected chi connectivity index (χ4v) is 2.06. The molecule has 0 aliphatic carbocycles. The second kappa shape index (κ2) is 6.08. The van der Waals surface area contributed by atoms with Gasteiger partial charge in [0.25, 0.3) is 0 Å². The van der Waals surface area contributed by atoms with E-state index in [0.29, 0.717) is 5.02 Å². The average molecular weight is 312 g/mol. The minimum atomic E-state index is 0.713. The molecule has 0 aromatic heterocycles. The van der Waals surface area contributed by atoms with E-state index in [1.54, 1.807) is 0 Å². The Kier molecular flexibility index (Phi) is 4.46. The van der Waals surface area contributed by atoms with Crippen LogP contribution < -0.4 is 4.74 Å². The molecule has 0 radical (unpaired) electrons. The van der Waals surface area contributed by atoms with Gasteiger partial charge in [0, 0.05) is 10.4 Å². The highest BCUT2D eigenvalue weighted by molar-refractivity contribution is 9.09. The number of alkyl halides is 1. The summed E-state index contributed by atoms with van der Waals surface area (Å²) in [7, 11) is 0. The summed E-state index contributed by atoms with van der Waals surface area (Å²) in [5, 5.41) is 1.69. The van der Waals surface area contributed by atoms with Crippen LogP contribution in [0.4, 0.5) is 0 Å². The first-order valence-electron chi connectivity index (χ1n) is 5.36. The maximum atomic E-state index is 5.81. The van der Waals surface area contributed by atoms with E-state index in [0.717, 1.165) is 23.2 Å². The Balaban J connectivity index is 2.05. The topological polar surface area (TPSA) is 9.23 Å². The molecule has 0 heterocycles. The molecule has 0 aliphatic heterocycles. The first kappa shape index (κ1) is 12.5. The van der Waals surface area contributed by atoms with Crippen LogP contribution in [0.3, 0.4) is 0 Å². The van der Waals surface area contributed by atoms with Gasteiger partial charge in [-0.3, -0.25) is 0 Å². The molecule has 1 nitrogen and oxygen atoms in total. The molecule has 2 rings (SSSR count). The monoisotopic (exact) mass is 310 g/mol. The van der Waals surface area contributed by atoms with E-state index < -0.39 is 0 Å². The molecule has 0 aliphatic rings. The number of rotatable bonds is 4. The molecule has 17 heavy (non-hydrogen) atoms. The van der Waals surface area contributed by atoms with Crippen molar-refractivity contribution in [3.63, 3.8) is 0 Å². The van der Waals surface area contributed by atoms with E-state index in [1.165, 1.54) is 5.56 Å². The normalized spacial score (nSPS) is 10.2. The van der Waals surface area contributed by atoms with Gasteiger partial charge in [-0.25, -0.2) is 0 Å². The van der Waals surface area contributed by atoms with Crippen molar-refractivity contribution in [3.05, 3.63) is 59.1 Å². The van der Waals surface area contributed by atoms with Crippen molar-refractivity contribution in [2.75, 3.05) is 5.33 Å². The van der Waals surface area contributed by atoms with Crippen molar-refractivity contribution < 1.29 is 4.74 Å². The second-order valence-corrected chi connectivity index (χ2v) is 4.87. The van der Waals surface area contributed by atoms with E-state index in [2.05, 4.69) is 28.1 Å². The molecular formula is C14H12BrClO. The molecule has 0 N–H and O–H groups in total. The van der Waals surface area contributed by atoms with Crippen molar-refractivity contribution >= 4 is 27.5 Å². The first-order valence-corrected chi connectivity index (χ1v) is 6.86. The van der Waals surface area contributed by atoms with Gasteiger partial charge in [-0.1, -0.05) is 39.7 Å². The number of benzene rings is 2. The van der Waals surface area contributed by atoms with Crippen LogP contribution in [0.15, 0.2) is 48.5 Å². The van der Waals surface area contributed by atoms with Gasteiger partial charge in [-0.2, -0.15) is 0 Å². The van der Waals surface area contributed by atoms with E-state index in [9.17, 15) is 0 Å². The van der Waals surface area contributed by atoms with Crippen LogP contribution in [-0.4, -0.2) is 5.33 Å². The lowest BCUT2D eigenvalue weighted by atomic mass is 10.2. The summed E-state index contributed by atoms with van der Waals surface area (Å²) in [4.78, 5) is 0. The van der Waals surface area contributed by atoms with Gasteiger partial charge in [0.05, 0.1) is 0 Å². The van der Waals surface area contributed by atoms with Gasteiger partial charge < -0.3 is 4.74 Å². The zero-order valence-corrected chi connectivity index (χ0v) is 11.5. The first-order chi connectivity index (χ1) is 8.28. The number of hydrogen-bond donors (Lipinski definition) is 0. The third-order valence-electron chi connectivity index (χ3n) is 2.36. The van der Waals surface area contributed by atoms with Gasteiger partial charge in [0.1, 0.15) is 11.5 Å². The SMILES string of the molecule is Clc1ccc(Oc2ccc(CCBr)cc2)cc1. The molecule has 0 bridgehead atoms. The molecule has 88 valence electrons. The fourth-order valence-electron chi connectivity index (χ4n) is 1.47. The molecule has 0 amide bonds. The fraction of sp³-hybridized carbons (Fsp3) is 0.143. The van der Waals surface area contributed by atoms with Crippen molar-refractivity contribution in [3.8, 4) is 11.5 Å². The van der Waals surface area contributed by atoms with Gasteiger partial charge >= 0.3 is 0 Å². The summed E-state index contributed by atoms with van der Waals surface area (Å²) in [5.74, 6) is 1.63. The number of halogens is 2. The van der Waals surface area contributed by atoms with Crippen LogP contribution >= 0.6 is 27.5 Å². The summed E-state index contributed by atoms with van der Waals surface area (Å²) in [6.45, 7) is 0. The highest BCUT2D eigenvalue weighted by Gasteiger charge is 1.98. The Bertz CT molecular complexity index is 465. The molecule has 0 atom stereocenters. The van der Waals surface area contributed by atoms with Gasteiger partial charge in [-0.15, -0.1) is 0 Å². The highest BCUT2D eigenvalue weighted by Crippen LogP contribution is 2.23. The predicted octanol–water partition coefficient (Wildman–Crippen LogP) is 5.07. The molecule has 0 fully saturated rings. The predicted molar refractivity (Wildman–Crippen MR) is 75.5 cm³/mol. The zero-order chi connectivity index (χ0) is 12.1. The Morgan fingerprint density at radius 3 is 1.94 bits per heavy atom. The molecular weight excluding hydrogens is 300 g/mol. The van der Waals surface area contributed by atoms with E-state index in [-0.39, 0.29) is 0 Å². The van der Waals surface area contributed by atoms with Crippen LogP contribution in [-0.2, 0) is 6.42 Å². The number of ether oxygens (including phenoxy) is 1. The summed E-state index contributed by atoms with van der Waals surface area (Å²) in [6.07, 6.45) is 1.03. The summed E-state index contributed by atoms with van der Waals surface area (Å²) >= 11 is 9.23. The lowest BCUT2D eigenvalue weighted by Gasteiger charge is -2.06. The van der Waals surface area contributed by atoms with Gasteiger partial charge in [-0.05, 0) is 48.4 Å². The third kappa shape index (κ3) is 3.76. The van der Waals surface area contributed by atoms with Crippen molar-refractivity contribution in [1.29, 1.82) is 0 Å². The minimum absolute atomic E-state index is 0.713. The highest BCUT2D eigenvalue weighted by atomic mass is 79.9. The molecule has 0 saturated carbocycles. The van der Waals surface area contributed by atoms with E-state index in [4.69, 9.17) is 16.3 Å². The van der Waals surface area contributed by atoms with Crippen molar-refractivity contribution in [2.45, 2.75) is 6.42 Å². The number of aryl methyl sites for hydroxylation is 1. The van der Waals surface area contributed by atoms with Gasteiger partial charge in [0.2, 0.25) is 0 Å². The van der Waals surface area contributed by atoms with E-state index >= 15 is 0 Å². The second-order valence-electron chi connectivity index (χ2n) is 3.64. The van der Waals surface area contributed by atoms with Crippen LogP contribution in [0.25, 0.3) is 0 Å². The van der Waals surface area contributed by atoms with Crippen LogP contribution in [0.5, 0.6) is 11.5 Å². The van der Waals surface area contributed by atoms with Crippen molar-refractivity contribution in [1.82, 2.24) is 0 Å². The quantitative estimate of drug-likeness (QED) is 0.716. The molecule has 0 saturated heterocycles. The third-order valence-corrected chi connectivity index (χ3v) is 3.00. The molecule has 2 aromatic carbocycles. The summed E-state index contributed by atoms with van der Waals surface area (Å²) in [6, 6.07) is 15.5. The summed E-state index contributed by atoms with van der Waals surface area (Å²) < 4.78 is 5.70. The largest absolute Gasteiger partial charge is 0.457 e. The van der Waals surface area contributed by atoms with Crippen LogP contribution in [0.2, 0.25) is 5.02 Å². The average Bonchev–Trinajstić information content (AvgIpc) is 2.35.